The predicted octanol–water partition coefficient (Wildman–Crippen LogP) is 6.39. The number of thioether (sulfide) groups is 1. The summed E-state index contributed by atoms with van der Waals surface area (Å²) in [6, 6.07) is 24.5. The molecule has 1 aliphatic rings. The van der Waals surface area contributed by atoms with Crippen molar-refractivity contribution in [1.29, 1.82) is 0 Å². The molecule has 0 saturated heterocycles. The molecule has 1 heterocycles. The van der Waals surface area contributed by atoms with E-state index in [1.54, 1.807) is 72.8 Å². The second kappa shape index (κ2) is 13.9. The quantitative estimate of drug-likeness (QED) is 0.148. The largest absolute Gasteiger partial charge is 0.486 e. The Kier molecular flexibility index (Phi) is 9.60. The smallest absolute Gasteiger partial charge is 0.272 e. The molecule has 8 nitrogen and oxygen atoms in total. The Balaban J connectivity index is 1.26. The minimum absolute atomic E-state index is 0.0454. The van der Waals surface area contributed by atoms with Crippen molar-refractivity contribution in [2.45, 2.75) is 4.90 Å². The van der Waals surface area contributed by atoms with Crippen LogP contribution in [0.2, 0.25) is 5.02 Å². The maximum absolute atomic E-state index is 14.6. The van der Waals surface area contributed by atoms with Gasteiger partial charge in [-0.15, -0.1) is 11.8 Å². The first-order valence-electron chi connectivity index (χ1n) is 13.1. The van der Waals surface area contributed by atoms with Crippen LogP contribution in [0.25, 0.3) is 6.08 Å². The first kappa shape index (κ1) is 29.7. The lowest BCUT2D eigenvalue weighted by atomic mass is 10.1. The summed E-state index contributed by atoms with van der Waals surface area (Å²) in [5.41, 5.74) is 1.05. The van der Waals surface area contributed by atoms with Crippen LogP contribution in [0.1, 0.15) is 15.9 Å². The van der Waals surface area contributed by atoms with Gasteiger partial charge in [-0.05, 0) is 60.7 Å². The van der Waals surface area contributed by atoms with Crippen LogP contribution < -0.4 is 25.4 Å². The van der Waals surface area contributed by atoms with E-state index in [0.717, 1.165) is 0 Å². The summed E-state index contributed by atoms with van der Waals surface area (Å²) in [6.07, 6.45) is 1.19. The molecule has 5 rings (SSSR count). The molecular weight excluding hydrogens is 593 g/mol. The van der Waals surface area contributed by atoms with E-state index in [2.05, 4.69) is 16.0 Å². The van der Waals surface area contributed by atoms with E-state index in [1.807, 2.05) is 0 Å². The SMILES string of the molecule is O=C(CSc1cccc(NC(=O)/C(=C\c2c(F)cccc2Cl)NC(=O)c2ccccc2)c1)Nc1ccc2c(c1)OCCO2. The molecule has 43 heavy (non-hydrogen) atoms. The van der Waals surface area contributed by atoms with Gasteiger partial charge in [-0.2, -0.15) is 0 Å². The molecule has 0 atom stereocenters. The van der Waals surface area contributed by atoms with E-state index in [9.17, 15) is 18.8 Å². The lowest BCUT2D eigenvalue weighted by Gasteiger charge is -2.19. The summed E-state index contributed by atoms with van der Waals surface area (Å²) in [6.45, 7) is 0.926. The fraction of sp³-hybridized carbons (Fsp3) is 0.0938. The topological polar surface area (TPSA) is 106 Å². The van der Waals surface area contributed by atoms with Crippen LogP contribution >= 0.6 is 23.4 Å². The Labute approximate surface area is 256 Å². The number of fused-ring (bicyclic) bond motifs is 1. The van der Waals surface area contributed by atoms with Crippen molar-refractivity contribution in [3.05, 3.63) is 119 Å². The number of rotatable bonds is 9. The third-order valence-corrected chi connectivity index (χ3v) is 7.43. The number of hydrogen-bond donors (Lipinski definition) is 3. The number of halogens is 2. The Morgan fingerprint density at radius 3 is 2.37 bits per heavy atom. The molecule has 3 N–H and O–H groups in total. The van der Waals surface area contributed by atoms with E-state index >= 15 is 0 Å². The van der Waals surface area contributed by atoms with Gasteiger partial charge in [0.1, 0.15) is 24.7 Å². The number of nitrogens with one attached hydrogen (secondary N) is 3. The first-order valence-corrected chi connectivity index (χ1v) is 14.5. The number of carbonyl (C=O) groups is 3. The highest BCUT2D eigenvalue weighted by atomic mass is 35.5. The molecule has 0 saturated carbocycles. The van der Waals surface area contributed by atoms with Crippen molar-refractivity contribution in [1.82, 2.24) is 5.32 Å². The molecule has 0 unspecified atom stereocenters. The zero-order valence-electron chi connectivity index (χ0n) is 22.6. The third-order valence-electron chi connectivity index (χ3n) is 6.10. The van der Waals surface area contributed by atoms with Gasteiger partial charge in [0.2, 0.25) is 5.91 Å². The van der Waals surface area contributed by atoms with Crippen LogP contribution in [0.3, 0.4) is 0 Å². The Morgan fingerprint density at radius 1 is 0.837 bits per heavy atom. The molecule has 3 amide bonds. The summed E-state index contributed by atoms with van der Waals surface area (Å²) in [5, 5.41) is 8.20. The molecular formula is C32H25ClFN3O5S. The van der Waals surface area contributed by atoms with Gasteiger partial charge in [0.25, 0.3) is 11.8 Å². The number of carbonyl (C=O) groups excluding carboxylic acids is 3. The Bertz CT molecular complexity index is 1680. The number of anilines is 2. The average Bonchev–Trinajstić information content (AvgIpc) is 3.02. The number of ether oxygens (including phenoxy) is 2. The van der Waals surface area contributed by atoms with Crippen LogP contribution in [-0.2, 0) is 9.59 Å². The fourth-order valence-corrected chi connectivity index (χ4v) is 5.04. The minimum Gasteiger partial charge on any atom is -0.486 e. The van der Waals surface area contributed by atoms with Gasteiger partial charge < -0.3 is 25.4 Å². The zero-order valence-corrected chi connectivity index (χ0v) is 24.1. The molecule has 4 aromatic rings. The van der Waals surface area contributed by atoms with E-state index < -0.39 is 17.6 Å². The second-order valence-corrected chi connectivity index (χ2v) is 10.6. The fourth-order valence-electron chi connectivity index (χ4n) is 4.06. The van der Waals surface area contributed by atoms with Gasteiger partial charge in [0.15, 0.2) is 11.5 Å². The molecule has 4 aromatic carbocycles. The molecule has 0 aromatic heterocycles. The minimum atomic E-state index is -0.692. The lowest BCUT2D eigenvalue weighted by Crippen LogP contribution is -2.30. The second-order valence-electron chi connectivity index (χ2n) is 9.19. The molecule has 1 aliphatic heterocycles. The number of benzene rings is 4. The summed E-state index contributed by atoms with van der Waals surface area (Å²) >= 11 is 7.45. The van der Waals surface area contributed by atoms with E-state index in [-0.39, 0.29) is 27.9 Å². The van der Waals surface area contributed by atoms with Crippen LogP contribution in [0, 0.1) is 5.82 Å². The Morgan fingerprint density at radius 2 is 1.58 bits per heavy atom. The van der Waals surface area contributed by atoms with Gasteiger partial charge in [-0.3, -0.25) is 14.4 Å². The maximum atomic E-state index is 14.6. The monoisotopic (exact) mass is 617 g/mol. The molecule has 0 radical (unpaired) electrons. The molecule has 0 aliphatic carbocycles. The maximum Gasteiger partial charge on any atom is 0.272 e. The zero-order chi connectivity index (χ0) is 30.2. The van der Waals surface area contributed by atoms with Gasteiger partial charge in [0, 0.05) is 33.5 Å². The normalized spacial score (nSPS) is 12.3. The van der Waals surface area contributed by atoms with Crippen LogP contribution in [0.5, 0.6) is 11.5 Å². The summed E-state index contributed by atoms with van der Waals surface area (Å²) in [7, 11) is 0. The van der Waals surface area contributed by atoms with Crippen molar-refractivity contribution in [3.63, 3.8) is 0 Å². The van der Waals surface area contributed by atoms with Crippen molar-refractivity contribution in [2.24, 2.45) is 0 Å². The molecule has 0 fully saturated rings. The predicted molar refractivity (Wildman–Crippen MR) is 165 cm³/mol. The van der Waals surface area contributed by atoms with Crippen molar-refractivity contribution >= 4 is 58.5 Å². The standard InChI is InChI=1S/C32H25ClFN3O5S/c33-25-10-5-11-26(34)24(25)18-27(37-31(39)20-6-2-1-3-7-20)32(40)36-21-8-4-9-23(16-21)43-19-30(38)35-22-12-13-28-29(17-22)42-15-14-41-28/h1-13,16-18H,14-15,19H2,(H,35,38)(H,36,40)(H,37,39)/b27-18+. The van der Waals surface area contributed by atoms with E-state index in [1.165, 1.54) is 36.0 Å². The number of amides is 3. The summed E-state index contributed by atoms with van der Waals surface area (Å²) in [5.74, 6) is -0.815. The van der Waals surface area contributed by atoms with Gasteiger partial charge in [-0.25, -0.2) is 4.39 Å². The van der Waals surface area contributed by atoms with Crippen LogP contribution in [-0.4, -0.2) is 36.7 Å². The molecule has 218 valence electrons. The van der Waals surface area contributed by atoms with Crippen LogP contribution in [0.15, 0.2) is 102 Å². The van der Waals surface area contributed by atoms with E-state index in [4.69, 9.17) is 21.1 Å². The van der Waals surface area contributed by atoms with Crippen molar-refractivity contribution in [2.75, 3.05) is 29.6 Å². The van der Waals surface area contributed by atoms with Gasteiger partial charge in [0.05, 0.1) is 10.8 Å². The Hall–Kier alpha value is -4.80. The average molecular weight is 618 g/mol. The highest BCUT2D eigenvalue weighted by molar-refractivity contribution is 8.00. The molecule has 11 heteroatoms. The third kappa shape index (κ3) is 7.94. The highest BCUT2D eigenvalue weighted by Crippen LogP contribution is 2.33. The lowest BCUT2D eigenvalue weighted by molar-refractivity contribution is -0.114. The first-order chi connectivity index (χ1) is 20.9. The summed E-state index contributed by atoms with van der Waals surface area (Å²) < 4.78 is 25.6. The molecule has 0 bridgehead atoms. The van der Waals surface area contributed by atoms with Gasteiger partial charge >= 0.3 is 0 Å². The van der Waals surface area contributed by atoms with Crippen molar-refractivity contribution in [3.8, 4) is 11.5 Å². The van der Waals surface area contributed by atoms with Crippen molar-refractivity contribution < 1.29 is 28.2 Å². The molecule has 0 spiro atoms. The van der Waals surface area contributed by atoms with E-state index in [0.29, 0.717) is 46.5 Å². The van der Waals surface area contributed by atoms with Gasteiger partial charge in [-0.1, -0.05) is 41.9 Å². The summed E-state index contributed by atoms with van der Waals surface area (Å²) in [4.78, 5) is 39.5. The number of hydrogen-bond acceptors (Lipinski definition) is 6. The van der Waals surface area contributed by atoms with Crippen LogP contribution in [0.4, 0.5) is 15.8 Å². The highest BCUT2D eigenvalue weighted by Gasteiger charge is 2.18.